The Bertz CT molecular complexity index is 841. The predicted molar refractivity (Wildman–Crippen MR) is 118 cm³/mol. The van der Waals surface area contributed by atoms with Crippen molar-refractivity contribution in [3.05, 3.63) is 34.6 Å². The summed E-state index contributed by atoms with van der Waals surface area (Å²) in [6.07, 6.45) is -0.449. The van der Waals surface area contributed by atoms with Crippen molar-refractivity contribution in [3.8, 4) is 0 Å². The van der Waals surface area contributed by atoms with Crippen LogP contribution in [0.4, 0.5) is 4.39 Å². The summed E-state index contributed by atoms with van der Waals surface area (Å²) >= 11 is 6.41. The number of halogens is 2. The summed E-state index contributed by atoms with van der Waals surface area (Å²) in [5, 5.41) is 0.0839. The fourth-order valence-corrected chi connectivity index (χ4v) is 4.40. The molecule has 0 saturated heterocycles. The highest BCUT2D eigenvalue weighted by Gasteiger charge is 2.56. The highest BCUT2D eigenvalue weighted by atomic mass is 35.5. The summed E-state index contributed by atoms with van der Waals surface area (Å²) < 4.78 is 37.0. The smallest absolute Gasteiger partial charge is 0.315 e. The van der Waals surface area contributed by atoms with Crippen LogP contribution in [0.3, 0.4) is 0 Å². The number of methoxy groups -OCH3 is 1. The van der Waals surface area contributed by atoms with Gasteiger partial charge in [0.2, 0.25) is 0 Å². The van der Waals surface area contributed by atoms with E-state index in [1.54, 1.807) is 34.6 Å². The number of nitrogens with zero attached hydrogens (tertiary/aromatic N) is 1. The molecule has 1 aromatic carbocycles. The first-order chi connectivity index (χ1) is 15.1. The molecule has 0 fully saturated rings. The van der Waals surface area contributed by atoms with Gasteiger partial charge < -0.3 is 18.9 Å². The highest BCUT2D eigenvalue weighted by molar-refractivity contribution is 6.31. The summed E-state index contributed by atoms with van der Waals surface area (Å²) in [5.74, 6) is -5.22. The van der Waals surface area contributed by atoms with E-state index in [1.807, 2.05) is 0 Å². The van der Waals surface area contributed by atoms with Crippen LogP contribution >= 0.6 is 11.6 Å². The molecule has 1 aliphatic rings. The van der Waals surface area contributed by atoms with E-state index < -0.39 is 47.3 Å². The first-order valence-corrected chi connectivity index (χ1v) is 10.9. The second-order valence-electron chi connectivity index (χ2n) is 8.00. The third-order valence-electron chi connectivity index (χ3n) is 5.30. The van der Waals surface area contributed by atoms with E-state index in [1.165, 1.54) is 25.3 Å². The summed E-state index contributed by atoms with van der Waals surface area (Å²) in [4.78, 5) is 31.0. The molecule has 0 aliphatic carbocycles. The summed E-state index contributed by atoms with van der Waals surface area (Å²) in [5.41, 5.74) is -1.08. The maximum absolute atomic E-state index is 15.2. The average molecular weight is 472 g/mol. The highest BCUT2D eigenvalue weighted by Crippen LogP contribution is 2.49. The number of carbonyl (C=O) groups is 2. The molecule has 4 unspecified atom stereocenters. The Labute approximate surface area is 193 Å². The minimum absolute atomic E-state index is 0.0220. The van der Waals surface area contributed by atoms with Gasteiger partial charge in [-0.05, 0) is 46.8 Å². The van der Waals surface area contributed by atoms with Crippen molar-refractivity contribution in [2.45, 2.75) is 52.4 Å². The monoisotopic (exact) mass is 471 g/mol. The molecule has 0 radical (unpaired) electrons. The van der Waals surface area contributed by atoms with Gasteiger partial charge in [0, 0.05) is 29.3 Å². The molecule has 1 aliphatic heterocycles. The SMILES string of the molecule is CCOC(=O)C1C(C)=NC(C)(OCCOC)C(C(=O)OC(C)C)C1c1c(F)cccc1Cl. The third kappa shape index (κ3) is 5.66. The van der Waals surface area contributed by atoms with Gasteiger partial charge in [-0.3, -0.25) is 14.6 Å². The molecule has 1 aromatic rings. The Balaban J connectivity index is 2.76. The summed E-state index contributed by atoms with van der Waals surface area (Å²) in [6, 6.07) is 4.20. The molecule has 0 aromatic heterocycles. The standard InChI is InChI=1S/C23H31ClFNO6/c1-7-30-21(27)17-14(4)26-23(5,31-12-11-29-6)20(22(28)32-13(2)3)19(17)18-15(24)9-8-10-16(18)25/h8-10,13,17,19-20H,7,11-12H2,1-6H3. The second kappa shape index (κ2) is 11.2. The van der Waals surface area contributed by atoms with Crippen molar-refractivity contribution in [3.63, 3.8) is 0 Å². The van der Waals surface area contributed by atoms with Crippen LogP contribution in [0.2, 0.25) is 5.02 Å². The van der Waals surface area contributed by atoms with Gasteiger partial charge in [0.25, 0.3) is 0 Å². The third-order valence-corrected chi connectivity index (χ3v) is 5.63. The molecule has 0 spiro atoms. The van der Waals surface area contributed by atoms with Gasteiger partial charge in [-0.1, -0.05) is 17.7 Å². The Hall–Kier alpha value is -2.03. The Morgan fingerprint density at radius 2 is 1.94 bits per heavy atom. The van der Waals surface area contributed by atoms with E-state index in [0.717, 1.165) is 0 Å². The number of hydrogen-bond acceptors (Lipinski definition) is 7. The van der Waals surface area contributed by atoms with E-state index in [4.69, 9.17) is 30.5 Å². The zero-order valence-electron chi connectivity index (χ0n) is 19.3. The van der Waals surface area contributed by atoms with Crippen molar-refractivity contribution < 1.29 is 32.9 Å². The number of rotatable bonds is 9. The number of aliphatic imine (C=N–C) groups is 1. The number of esters is 2. The minimum Gasteiger partial charge on any atom is -0.465 e. The van der Waals surface area contributed by atoms with Crippen LogP contribution in [-0.4, -0.2) is 56.4 Å². The molecule has 0 amide bonds. The second-order valence-corrected chi connectivity index (χ2v) is 8.41. The van der Waals surface area contributed by atoms with E-state index in [9.17, 15) is 9.59 Å². The fourth-order valence-electron chi connectivity index (χ4n) is 4.11. The van der Waals surface area contributed by atoms with Crippen molar-refractivity contribution in [1.29, 1.82) is 0 Å². The maximum atomic E-state index is 15.2. The molecule has 2 rings (SSSR count). The van der Waals surface area contributed by atoms with Crippen LogP contribution in [-0.2, 0) is 28.5 Å². The molecular formula is C23H31ClFNO6. The molecular weight excluding hydrogens is 441 g/mol. The number of benzene rings is 1. The van der Waals surface area contributed by atoms with Gasteiger partial charge in [-0.2, -0.15) is 0 Å². The number of carbonyl (C=O) groups excluding carboxylic acids is 2. The van der Waals surface area contributed by atoms with E-state index in [2.05, 4.69) is 4.99 Å². The zero-order chi connectivity index (χ0) is 24.1. The molecule has 0 bridgehead atoms. The molecule has 0 saturated carbocycles. The molecule has 4 atom stereocenters. The Morgan fingerprint density at radius 3 is 2.50 bits per heavy atom. The lowest BCUT2D eigenvalue weighted by Gasteiger charge is -2.44. The first kappa shape index (κ1) is 26.2. The Kier molecular flexibility index (Phi) is 9.18. The summed E-state index contributed by atoms with van der Waals surface area (Å²) in [6.45, 7) is 8.80. The van der Waals surface area contributed by atoms with Crippen molar-refractivity contribution in [2.24, 2.45) is 16.8 Å². The normalized spacial score (nSPS) is 25.4. The van der Waals surface area contributed by atoms with Gasteiger partial charge in [0.15, 0.2) is 5.72 Å². The van der Waals surface area contributed by atoms with Gasteiger partial charge in [-0.15, -0.1) is 0 Å². The number of ether oxygens (including phenoxy) is 4. The largest absolute Gasteiger partial charge is 0.465 e. The van der Waals surface area contributed by atoms with Crippen LogP contribution < -0.4 is 0 Å². The number of hydrogen-bond donors (Lipinski definition) is 0. The Morgan fingerprint density at radius 1 is 1.25 bits per heavy atom. The van der Waals surface area contributed by atoms with Gasteiger partial charge in [-0.25, -0.2) is 4.39 Å². The lowest BCUT2D eigenvalue weighted by Crippen LogP contribution is -2.54. The fraction of sp³-hybridized carbons (Fsp3) is 0.609. The zero-order valence-corrected chi connectivity index (χ0v) is 20.1. The average Bonchev–Trinajstić information content (AvgIpc) is 2.67. The lowest BCUT2D eigenvalue weighted by molar-refractivity contribution is -0.173. The lowest BCUT2D eigenvalue weighted by atomic mass is 9.68. The first-order valence-electron chi connectivity index (χ1n) is 10.6. The topological polar surface area (TPSA) is 83.4 Å². The van der Waals surface area contributed by atoms with Crippen LogP contribution in [0.1, 0.15) is 46.1 Å². The van der Waals surface area contributed by atoms with Crippen LogP contribution in [0, 0.1) is 17.7 Å². The van der Waals surface area contributed by atoms with Crippen LogP contribution in [0.15, 0.2) is 23.2 Å². The molecule has 32 heavy (non-hydrogen) atoms. The van der Waals surface area contributed by atoms with Gasteiger partial charge in [0.05, 0.1) is 25.9 Å². The molecule has 9 heteroatoms. The molecule has 1 heterocycles. The molecule has 178 valence electrons. The van der Waals surface area contributed by atoms with Crippen LogP contribution in [0.25, 0.3) is 0 Å². The van der Waals surface area contributed by atoms with E-state index in [0.29, 0.717) is 5.71 Å². The quantitative estimate of drug-likeness (QED) is 0.397. The molecule has 0 N–H and O–H groups in total. The van der Waals surface area contributed by atoms with Gasteiger partial charge in [0.1, 0.15) is 17.7 Å². The van der Waals surface area contributed by atoms with E-state index >= 15 is 4.39 Å². The van der Waals surface area contributed by atoms with Gasteiger partial charge >= 0.3 is 11.9 Å². The van der Waals surface area contributed by atoms with Crippen molar-refractivity contribution in [1.82, 2.24) is 0 Å². The maximum Gasteiger partial charge on any atom is 0.315 e. The summed E-state index contributed by atoms with van der Waals surface area (Å²) in [7, 11) is 1.52. The predicted octanol–water partition coefficient (Wildman–Crippen LogP) is 4.16. The van der Waals surface area contributed by atoms with Crippen molar-refractivity contribution in [2.75, 3.05) is 26.9 Å². The minimum atomic E-state index is -1.45. The van der Waals surface area contributed by atoms with Crippen LogP contribution in [0.5, 0.6) is 0 Å². The molecule has 7 nitrogen and oxygen atoms in total. The van der Waals surface area contributed by atoms with Crippen molar-refractivity contribution >= 4 is 29.3 Å². The van der Waals surface area contributed by atoms with E-state index in [-0.39, 0.29) is 30.4 Å².